The van der Waals surface area contributed by atoms with E-state index < -0.39 is 55.5 Å². The number of benzene rings is 1. The first-order chi connectivity index (χ1) is 20.1. The molecule has 0 unspecified atom stereocenters. The first-order valence-electron chi connectivity index (χ1n) is 12.6. The zero-order chi connectivity index (χ0) is 31.3. The highest BCUT2D eigenvalue weighted by Crippen LogP contribution is 2.36. The first kappa shape index (κ1) is 29.8. The molecular weight excluding hydrogens is 592 g/mol. The van der Waals surface area contributed by atoms with E-state index in [1.165, 1.54) is 26.0 Å². The van der Waals surface area contributed by atoms with Crippen molar-refractivity contribution in [2.75, 3.05) is 5.75 Å². The van der Waals surface area contributed by atoms with Gasteiger partial charge in [-0.05, 0) is 49.6 Å². The number of ketones is 1. The Morgan fingerprint density at radius 2 is 1.84 bits per heavy atom. The van der Waals surface area contributed by atoms with Crippen molar-refractivity contribution in [2.45, 2.75) is 37.9 Å². The number of Topliss-reactive ketones (excluding diaryl/α,β-unsaturated/α-hetero) is 1. The van der Waals surface area contributed by atoms with Crippen LogP contribution in [-0.2, 0) is 32.6 Å². The Balaban J connectivity index is 1.56. The zero-order valence-electron chi connectivity index (χ0n) is 22.5. The molecule has 0 bridgehead atoms. The monoisotopic (exact) mass is 614 g/mol. The normalized spacial score (nSPS) is 18.9. The molecule has 0 amide bonds. The van der Waals surface area contributed by atoms with Crippen LogP contribution in [-0.4, -0.2) is 41.2 Å². The number of allylic oxidation sites excluding steroid dienone is 3. The van der Waals surface area contributed by atoms with Crippen molar-refractivity contribution < 1.29 is 35.2 Å². The van der Waals surface area contributed by atoms with Crippen LogP contribution in [0.25, 0.3) is 16.8 Å². The van der Waals surface area contributed by atoms with E-state index in [4.69, 9.17) is 10.2 Å². The smallest absolute Gasteiger partial charge is 0.417 e. The highest BCUT2D eigenvalue weighted by atomic mass is 32.2. The minimum atomic E-state index is -4.53. The standard InChI is InChI=1S/C28H22F4N6O4S/c1-27(2,13-33)26-38-37-24(42-26)18-10-16(21-22(39)19(34)12-43(40,41)25(21)36-23(18)29)9-14-3-5-15(6-4-14)20-8-7-17(11-35-20)28(30,31)32/h3-8,10-11,19,36H,9,12,34H2,1-2H3/t19-/m0/s1. The van der Waals surface area contributed by atoms with E-state index in [-0.39, 0.29) is 40.6 Å². The quantitative estimate of drug-likeness (QED) is 0.318. The molecule has 0 spiro atoms. The fraction of sp³-hybridized carbons (Fsp3) is 0.250. The highest BCUT2D eigenvalue weighted by Gasteiger charge is 2.41. The minimum absolute atomic E-state index is 0.0774. The summed E-state index contributed by atoms with van der Waals surface area (Å²) in [5.41, 5.74) is 4.48. The van der Waals surface area contributed by atoms with Crippen LogP contribution in [0.15, 0.2) is 75.2 Å². The average Bonchev–Trinajstić information content (AvgIpc) is 3.40. The second kappa shape index (κ2) is 10.5. The Hall–Kier alpha value is -4.68. The molecule has 1 atom stereocenters. The molecule has 0 aliphatic carbocycles. The second-order valence-electron chi connectivity index (χ2n) is 10.4. The number of hydrogen-bond donors (Lipinski definition) is 2. The van der Waals surface area contributed by atoms with E-state index in [0.29, 0.717) is 11.1 Å². The topological polar surface area (TPSA) is 165 Å². The summed E-state index contributed by atoms with van der Waals surface area (Å²) in [5, 5.41) is 18.6. The Morgan fingerprint density at radius 1 is 1.14 bits per heavy atom. The summed E-state index contributed by atoms with van der Waals surface area (Å²) in [6.45, 7) is 3.02. The third-order valence-corrected chi connectivity index (χ3v) is 8.55. The summed E-state index contributed by atoms with van der Waals surface area (Å²) in [4.78, 5) is 17.1. The van der Waals surface area contributed by atoms with Crippen molar-refractivity contribution in [1.82, 2.24) is 20.5 Å². The van der Waals surface area contributed by atoms with Crippen LogP contribution in [0, 0.1) is 11.3 Å². The molecule has 5 rings (SSSR count). The Labute approximate surface area is 242 Å². The molecule has 0 fully saturated rings. The van der Waals surface area contributed by atoms with Gasteiger partial charge in [-0.25, -0.2) is 8.42 Å². The molecule has 0 radical (unpaired) electrons. The molecule has 2 aliphatic heterocycles. The molecule has 15 heteroatoms. The average molecular weight is 615 g/mol. The molecule has 222 valence electrons. The van der Waals surface area contributed by atoms with Gasteiger partial charge in [0.2, 0.25) is 11.8 Å². The number of nitrogens with zero attached hydrogens (tertiary/aromatic N) is 4. The fourth-order valence-corrected chi connectivity index (χ4v) is 6.02. The summed E-state index contributed by atoms with van der Waals surface area (Å²) in [5.74, 6) is -3.11. The van der Waals surface area contributed by atoms with E-state index in [1.54, 1.807) is 24.3 Å². The molecule has 0 saturated heterocycles. The molecule has 3 N–H and O–H groups in total. The molecule has 2 aromatic heterocycles. The number of nitrogens with two attached hydrogens (primary N) is 1. The van der Waals surface area contributed by atoms with Crippen molar-refractivity contribution in [3.63, 3.8) is 0 Å². The van der Waals surface area contributed by atoms with Gasteiger partial charge >= 0.3 is 6.18 Å². The van der Waals surface area contributed by atoms with E-state index in [1.807, 2.05) is 6.07 Å². The maximum atomic E-state index is 15.6. The Kier molecular flexibility index (Phi) is 7.31. The number of carbonyl (C=O) groups excluding carboxylic acids is 1. The molecule has 43 heavy (non-hydrogen) atoms. The summed E-state index contributed by atoms with van der Waals surface area (Å²) >= 11 is 0. The van der Waals surface area contributed by atoms with Crippen molar-refractivity contribution in [1.29, 1.82) is 5.26 Å². The summed E-state index contributed by atoms with van der Waals surface area (Å²) in [7, 11) is -4.22. The van der Waals surface area contributed by atoms with Gasteiger partial charge in [-0.3, -0.25) is 9.78 Å². The number of nitrogens with one attached hydrogen (secondary N) is 1. The van der Waals surface area contributed by atoms with Crippen LogP contribution >= 0.6 is 0 Å². The van der Waals surface area contributed by atoms with E-state index >= 15 is 4.39 Å². The zero-order valence-corrected chi connectivity index (χ0v) is 23.3. The number of alkyl halides is 3. The van der Waals surface area contributed by atoms with Crippen molar-refractivity contribution >= 4 is 21.2 Å². The van der Waals surface area contributed by atoms with Gasteiger partial charge < -0.3 is 15.5 Å². The van der Waals surface area contributed by atoms with Gasteiger partial charge in [0.25, 0.3) is 5.89 Å². The number of hydrogen-bond acceptors (Lipinski definition) is 10. The largest absolute Gasteiger partial charge is 0.419 e. The molecule has 2 aliphatic rings. The number of nitriles is 1. The van der Waals surface area contributed by atoms with Crippen LogP contribution in [0.2, 0.25) is 0 Å². The van der Waals surface area contributed by atoms with Gasteiger partial charge in [-0.15, -0.1) is 10.2 Å². The molecule has 1 aromatic carbocycles. The van der Waals surface area contributed by atoms with E-state index in [0.717, 1.165) is 12.3 Å². The van der Waals surface area contributed by atoms with Crippen LogP contribution in [0.1, 0.15) is 36.8 Å². The van der Waals surface area contributed by atoms with Crippen LogP contribution < -0.4 is 11.1 Å². The third-order valence-electron chi connectivity index (χ3n) is 6.82. The van der Waals surface area contributed by atoms with E-state index in [9.17, 15) is 31.6 Å². The number of carbonyl (C=O) groups is 1. The first-order valence-corrected chi connectivity index (χ1v) is 14.3. The fourth-order valence-electron chi connectivity index (χ4n) is 4.44. The van der Waals surface area contributed by atoms with Crippen molar-refractivity contribution in [3.8, 4) is 17.3 Å². The number of pyridine rings is 1. The molecule has 4 heterocycles. The molecule has 3 aromatic rings. The number of rotatable bonds is 5. The van der Waals surface area contributed by atoms with Gasteiger partial charge in [0.05, 0.1) is 40.3 Å². The highest BCUT2D eigenvalue weighted by molar-refractivity contribution is 7.95. The van der Waals surface area contributed by atoms with Crippen molar-refractivity contribution in [3.05, 3.63) is 93.7 Å². The summed E-state index contributed by atoms with van der Waals surface area (Å²) in [6, 6.07) is 9.13. The number of halogens is 4. The van der Waals surface area contributed by atoms with Crippen molar-refractivity contribution in [2.24, 2.45) is 5.73 Å². The van der Waals surface area contributed by atoms with Gasteiger partial charge in [0.15, 0.2) is 15.6 Å². The number of sulfone groups is 1. The van der Waals surface area contributed by atoms with Gasteiger partial charge in [0.1, 0.15) is 10.4 Å². The molecule has 10 nitrogen and oxygen atoms in total. The molecule has 0 saturated carbocycles. The Morgan fingerprint density at radius 3 is 2.44 bits per heavy atom. The van der Waals surface area contributed by atoms with Crippen LogP contribution in [0.3, 0.4) is 0 Å². The van der Waals surface area contributed by atoms with Crippen LogP contribution in [0.4, 0.5) is 17.6 Å². The minimum Gasteiger partial charge on any atom is -0.419 e. The second-order valence-corrected chi connectivity index (χ2v) is 12.4. The molecular formula is C28H22F4N6O4S. The lowest BCUT2D eigenvalue weighted by atomic mass is 9.91. The lowest BCUT2D eigenvalue weighted by Crippen LogP contribution is -2.45. The van der Waals surface area contributed by atoms with Gasteiger partial charge in [-0.2, -0.15) is 22.8 Å². The Bertz CT molecular complexity index is 1870. The van der Waals surface area contributed by atoms with E-state index in [2.05, 4.69) is 20.5 Å². The van der Waals surface area contributed by atoms with Crippen LogP contribution in [0.5, 0.6) is 0 Å². The lowest BCUT2D eigenvalue weighted by molar-refractivity contribution is -0.137. The predicted molar refractivity (Wildman–Crippen MR) is 144 cm³/mol. The summed E-state index contributed by atoms with van der Waals surface area (Å²) < 4.78 is 85.9. The van der Waals surface area contributed by atoms with Gasteiger partial charge in [0, 0.05) is 11.8 Å². The SMILES string of the molecule is CC(C)(C#N)c1nnc(C2=C(F)NC3=C(C(=O)[C@@H](N)CS3(=O)=O)C(Cc3ccc(-c4ccc(C(F)(F)F)cn4)cc3)=C2)o1. The summed E-state index contributed by atoms with van der Waals surface area (Å²) in [6.07, 6.45) is -2.69. The maximum absolute atomic E-state index is 15.6. The maximum Gasteiger partial charge on any atom is 0.417 e. The third kappa shape index (κ3) is 5.71. The lowest BCUT2D eigenvalue weighted by Gasteiger charge is -2.24. The number of aromatic nitrogens is 3. The predicted octanol–water partition coefficient (Wildman–Crippen LogP) is 3.90. The van der Waals surface area contributed by atoms with Gasteiger partial charge in [-0.1, -0.05) is 24.3 Å².